The van der Waals surface area contributed by atoms with Gasteiger partial charge in [-0.25, -0.2) is 0 Å². The minimum absolute atomic E-state index is 0.376. The average molecular weight is 197 g/mol. The van der Waals surface area contributed by atoms with E-state index in [-0.39, 0.29) is 0 Å². The summed E-state index contributed by atoms with van der Waals surface area (Å²) in [5, 5.41) is 0. The van der Waals surface area contributed by atoms with Crippen molar-refractivity contribution in [3.8, 4) is 0 Å². The highest BCUT2D eigenvalue weighted by Crippen LogP contribution is 2.14. The molecule has 0 aliphatic carbocycles. The Labute approximate surface area is 87.7 Å². The molecular weight excluding hydrogens is 174 g/mol. The van der Waals surface area contributed by atoms with Crippen molar-refractivity contribution in [2.24, 2.45) is 5.92 Å². The molecule has 1 aliphatic heterocycles. The molecule has 2 nitrogen and oxygen atoms in total. The minimum Gasteiger partial charge on any atom is -0.343 e. The van der Waals surface area contributed by atoms with Crippen molar-refractivity contribution in [3.63, 3.8) is 0 Å². The van der Waals surface area contributed by atoms with Gasteiger partial charge in [0, 0.05) is 19.5 Å². The summed E-state index contributed by atoms with van der Waals surface area (Å²) in [4.78, 5) is 13.9. The molecular formula is C12H23NO. The molecule has 1 fully saturated rings. The predicted molar refractivity (Wildman–Crippen MR) is 59.1 cm³/mol. The van der Waals surface area contributed by atoms with Crippen molar-refractivity contribution in [1.82, 2.24) is 4.90 Å². The van der Waals surface area contributed by atoms with Crippen molar-refractivity contribution in [3.05, 3.63) is 0 Å². The Bertz CT molecular complexity index is 171. The molecule has 0 bridgehead atoms. The number of likely N-dealkylation sites (tertiary alicyclic amines) is 1. The van der Waals surface area contributed by atoms with E-state index in [4.69, 9.17) is 0 Å². The lowest BCUT2D eigenvalue weighted by molar-refractivity contribution is -0.132. The van der Waals surface area contributed by atoms with Gasteiger partial charge in [-0.15, -0.1) is 0 Å². The van der Waals surface area contributed by atoms with Crippen LogP contribution in [0.4, 0.5) is 0 Å². The summed E-state index contributed by atoms with van der Waals surface area (Å²) >= 11 is 0. The van der Waals surface area contributed by atoms with Crippen LogP contribution in [0.15, 0.2) is 0 Å². The quantitative estimate of drug-likeness (QED) is 0.681. The maximum atomic E-state index is 11.8. The second-order valence-corrected chi connectivity index (χ2v) is 4.51. The summed E-state index contributed by atoms with van der Waals surface area (Å²) in [5.74, 6) is 0.923. The van der Waals surface area contributed by atoms with E-state index >= 15 is 0 Å². The van der Waals surface area contributed by atoms with Gasteiger partial charge >= 0.3 is 0 Å². The SMILES string of the molecule is CCC(C)CC(=O)N1CCCCCC1. The Hall–Kier alpha value is -0.530. The van der Waals surface area contributed by atoms with Crippen molar-refractivity contribution in [1.29, 1.82) is 0 Å². The van der Waals surface area contributed by atoms with E-state index < -0.39 is 0 Å². The molecule has 0 aromatic carbocycles. The van der Waals surface area contributed by atoms with Gasteiger partial charge < -0.3 is 4.90 Å². The summed E-state index contributed by atoms with van der Waals surface area (Å²) in [6, 6.07) is 0. The number of hydrogen-bond donors (Lipinski definition) is 0. The summed E-state index contributed by atoms with van der Waals surface area (Å²) in [6.07, 6.45) is 6.86. The van der Waals surface area contributed by atoms with Gasteiger partial charge in [0.25, 0.3) is 0 Å². The minimum atomic E-state index is 0.376. The first-order valence-corrected chi connectivity index (χ1v) is 6.01. The zero-order valence-corrected chi connectivity index (χ0v) is 9.59. The molecule has 0 radical (unpaired) electrons. The largest absolute Gasteiger partial charge is 0.343 e. The molecule has 0 N–H and O–H groups in total. The second kappa shape index (κ2) is 6.05. The Morgan fingerprint density at radius 1 is 1.21 bits per heavy atom. The zero-order valence-electron chi connectivity index (χ0n) is 9.59. The van der Waals surface area contributed by atoms with E-state index in [0.29, 0.717) is 11.8 Å². The van der Waals surface area contributed by atoms with Crippen LogP contribution in [-0.2, 0) is 4.79 Å². The molecule has 1 atom stereocenters. The molecule has 1 unspecified atom stereocenters. The van der Waals surface area contributed by atoms with E-state index in [1.807, 2.05) is 0 Å². The number of hydrogen-bond acceptors (Lipinski definition) is 1. The van der Waals surface area contributed by atoms with Crippen LogP contribution in [0.1, 0.15) is 52.4 Å². The highest BCUT2D eigenvalue weighted by atomic mass is 16.2. The summed E-state index contributed by atoms with van der Waals surface area (Å²) in [6.45, 7) is 6.31. The van der Waals surface area contributed by atoms with Crippen LogP contribution in [0, 0.1) is 5.92 Å². The fraction of sp³-hybridized carbons (Fsp3) is 0.917. The first-order chi connectivity index (χ1) is 6.74. The van der Waals surface area contributed by atoms with Crippen LogP contribution in [0.3, 0.4) is 0 Å². The van der Waals surface area contributed by atoms with E-state index in [1.165, 1.54) is 25.7 Å². The average Bonchev–Trinajstić information content (AvgIpc) is 2.45. The number of carbonyl (C=O) groups excluding carboxylic acids is 1. The number of nitrogens with zero attached hydrogens (tertiary/aromatic N) is 1. The summed E-state index contributed by atoms with van der Waals surface area (Å²) < 4.78 is 0. The third kappa shape index (κ3) is 3.69. The second-order valence-electron chi connectivity index (χ2n) is 4.51. The van der Waals surface area contributed by atoms with Gasteiger partial charge in [-0.2, -0.15) is 0 Å². The number of amides is 1. The van der Waals surface area contributed by atoms with Crippen molar-refractivity contribution < 1.29 is 4.79 Å². The lowest BCUT2D eigenvalue weighted by atomic mass is 10.0. The predicted octanol–water partition coefficient (Wildman–Crippen LogP) is 2.83. The molecule has 2 heteroatoms. The highest BCUT2D eigenvalue weighted by molar-refractivity contribution is 5.76. The van der Waals surface area contributed by atoms with Crippen LogP contribution in [-0.4, -0.2) is 23.9 Å². The normalized spacial score (nSPS) is 20.3. The zero-order chi connectivity index (χ0) is 10.4. The van der Waals surface area contributed by atoms with Gasteiger partial charge in [0.2, 0.25) is 5.91 Å². The standard InChI is InChI=1S/C12H23NO/c1-3-11(2)10-12(14)13-8-6-4-5-7-9-13/h11H,3-10H2,1-2H3. The maximum absolute atomic E-state index is 11.8. The maximum Gasteiger partial charge on any atom is 0.222 e. The van der Waals surface area contributed by atoms with Gasteiger partial charge in [0.05, 0.1) is 0 Å². The van der Waals surface area contributed by atoms with Crippen LogP contribution < -0.4 is 0 Å². The Kier molecular flexibility index (Phi) is 4.99. The van der Waals surface area contributed by atoms with Gasteiger partial charge in [-0.3, -0.25) is 4.79 Å². The lowest BCUT2D eigenvalue weighted by Gasteiger charge is -2.21. The first kappa shape index (κ1) is 11.5. The number of rotatable bonds is 3. The van der Waals surface area contributed by atoms with Crippen LogP contribution in [0.25, 0.3) is 0 Å². The molecule has 1 saturated heterocycles. The molecule has 0 spiro atoms. The third-order valence-corrected chi connectivity index (χ3v) is 3.18. The van der Waals surface area contributed by atoms with Crippen LogP contribution in [0.5, 0.6) is 0 Å². The first-order valence-electron chi connectivity index (χ1n) is 6.01. The Morgan fingerprint density at radius 3 is 2.29 bits per heavy atom. The van der Waals surface area contributed by atoms with E-state index in [9.17, 15) is 4.79 Å². The summed E-state index contributed by atoms with van der Waals surface area (Å²) in [5.41, 5.74) is 0. The monoisotopic (exact) mass is 197 g/mol. The van der Waals surface area contributed by atoms with Crippen LogP contribution >= 0.6 is 0 Å². The van der Waals surface area contributed by atoms with E-state index in [2.05, 4.69) is 18.7 Å². The molecule has 82 valence electrons. The van der Waals surface area contributed by atoms with E-state index in [1.54, 1.807) is 0 Å². The number of carbonyl (C=O) groups is 1. The van der Waals surface area contributed by atoms with Crippen molar-refractivity contribution in [2.45, 2.75) is 52.4 Å². The van der Waals surface area contributed by atoms with Crippen LogP contribution in [0.2, 0.25) is 0 Å². The van der Waals surface area contributed by atoms with E-state index in [0.717, 1.165) is 25.9 Å². The van der Waals surface area contributed by atoms with Gasteiger partial charge in [-0.05, 0) is 18.8 Å². The molecule has 1 heterocycles. The molecule has 1 rings (SSSR count). The molecule has 1 amide bonds. The van der Waals surface area contributed by atoms with Gasteiger partial charge in [-0.1, -0.05) is 33.1 Å². The van der Waals surface area contributed by atoms with Gasteiger partial charge in [0.1, 0.15) is 0 Å². The Morgan fingerprint density at radius 2 is 1.79 bits per heavy atom. The fourth-order valence-electron chi connectivity index (χ4n) is 1.89. The summed E-state index contributed by atoms with van der Waals surface area (Å²) in [7, 11) is 0. The molecule has 0 aromatic rings. The lowest BCUT2D eigenvalue weighted by Crippen LogP contribution is -2.32. The Balaban J connectivity index is 2.34. The highest BCUT2D eigenvalue weighted by Gasteiger charge is 2.16. The molecule has 0 saturated carbocycles. The van der Waals surface area contributed by atoms with Crippen molar-refractivity contribution in [2.75, 3.05) is 13.1 Å². The molecule has 14 heavy (non-hydrogen) atoms. The molecule has 1 aliphatic rings. The topological polar surface area (TPSA) is 20.3 Å². The smallest absolute Gasteiger partial charge is 0.222 e. The van der Waals surface area contributed by atoms with Crippen molar-refractivity contribution >= 4 is 5.91 Å². The molecule has 0 aromatic heterocycles. The van der Waals surface area contributed by atoms with Gasteiger partial charge in [0.15, 0.2) is 0 Å². The fourth-order valence-corrected chi connectivity index (χ4v) is 1.89. The third-order valence-electron chi connectivity index (χ3n) is 3.18.